The normalized spacial score (nSPS) is 35.5. The van der Waals surface area contributed by atoms with E-state index in [0.29, 0.717) is 18.4 Å². The van der Waals surface area contributed by atoms with Crippen molar-refractivity contribution in [2.45, 2.75) is 69.1 Å². The number of amides is 1. The number of carbonyl (C=O) groups excluding carboxylic acids is 1. The van der Waals surface area contributed by atoms with Crippen LogP contribution in [-0.2, 0) is 26.2 Å². The Labute approximate surface area is 189 Å². The number of hydrogen-bond donors (Lipinski definition) is 1. The summed E-state index contributed by atoms with van der Waals surface area (Å²) in [5.74, 6) is 7.59. The van der Waals surface area contributed by atoms with Crippen LogP contribution in [0.4, 0.5) is 0 Å². The van der Waals surface area contributed by atoms with Gasteiger partial charge in [-0.15, -0.1) is 0 Å². The zero-order chi connectivity index (χ0) is 21.9. The van der Waals surface area contributed by atoms with E-state index in [1.54, 1.807) is 12.0 Å². The first-order chi connectivity index (χ1) is 15.5. The Morgan fingerprint density at radius 3 is 2.69 bits per heavy atom. The molecule has 0 radical (unpaired) electrons. The minimum absolute atomic E-state index is 0.0208. The Hall–Kier alpha value is -2.36. The average Bonchev–Trinajstić information content (AvgIpc) is 3.52. The lowest BCUT2D eigenvalue weighted by Crippen LogP contribution is -2.54. The molecule has 5 aliphatic rings. The highest BCUT2D eigenvalue weighted by Crippen LogP contribution is 2.62. The lowest BCUT2D eigenvalue weighted by atomic mass is 9.61. The van der Waals surface area contributed by atoms with Crippen molar-refractivity contribution < 1.29 is 14.3 Å². The summed E-state index contributed by atoms with van der Waals surface area (Å²) < 4.78 is 11.3. The van der Waals surface area contributed by atoms with Crippen LogP contribution >= 0.6 is 0 Å². The van der Waals surface area contributed by atoms with Crippen molar-refractivity contribution in [1.29, 1.82) is 0 Å². The van der Waals surface area contributed by atoms with E-state index in [9.17, 15) is 4.79 Å². The van der Waals surface area contributed by atoms with Gasteiger partial charge in [0.25, 0.3) is 5.91 Å². The van der Waals surface area contributed by atoms with Crippen molar-refractivity contribution in [3.05, 3.63) is 34.9 Å². The van der Waals surface area contributed by atoms with E-state index in [4.69, 9.17) is 20.2 Å². The second kappa shape index (κ2) is 7.33. The molecule has 2 spiro atoms. The maximum atomic E-state index is 14.2. The minimum atomic E-state index is -0.952. The number of methoxy groups -OCH3 is 1. The third-order valence-corrected chi connectivity index (χ3v) is 8.31. The van der Waals surface area contributed by atoms with E-state index < -0.39 is 5.54 Å². The number of aliphatic imine (C=N–C) groups is 1. The first kappa shape index (κ1) is 20.3. The zero-order valence-corrected chi connectivity index (χ0v) is 18.7. The molecule has 2 heterocycles. The molecule has 168 valence electrons. The van der Waals surface area contributed by atoms with E-state index in [2.05, 4.69) is 30.0 Å². The van der Waals surface area contributed by atoms with Crippen molar-refractivity contribution in [2.75, 3.05) is 20.3 Å². The summed E-state index contributed by atoms with van der Waals surface area (Å²) in [6.45, 7) is 1.24. The molecular formula is C26H31N3O3. The fraction of sp³-hybridized carbons (Fsp3) is 0.615. The third-order valence-electron chi connectivity index (χ3n) is 8.31. The van der Waals surface area contributed by atoms with Crippen LogP contribution in [0.1, 0.15) is 61.6 Å². The molecule has 2 saturated carbocycles. The molecule has 1 amide bonds. The smallest absolute Gasteiger partial charge is 0.262 e. The topological polar surface area (TPSA) is 77.2 Å². The van der Waals surface area contributed by atoms with Gasteiger partial charge in [-0.05, 0) is 74.6 Å². The van der Waals surface area contributed by atoms with Crippen LogP contribution in [0.2, 0.25) is 0 Å². The molecule has 6 rings (SSSR count). The Bertz CT molecular complexity index is 1040. The quantitative estimate of drug-likeness (QED) is 0.744. The zero-order valence-electron chi connectivity index (χ0n) is 18.7. The second-order valence-corrected chi connectivity index (χ2v) is 10.2. The molecular weight excluding hydrogens is 402 g/mol. The molecule has 6 heteroatoms. The van der Waals surface area contributed by atoms with Gasteiger partial charge in [-0.1, -0.05) is 17.9 Å². The number of nitrogens with zero attached hydrogens (tertiary/aromatic N) is 2. The van der Waals surface area contributed by atoms with E-state index in [0.717, 1.165) is 56.3 Å². The van der Waals surface area contributed by atoms with Gasteiger partial charge in [0, 0.05) is 30.6 Å². The van der Waals surface area contributed by atoms with Crippen molar-refractivity contribution in [3.8, 4) is 11.8 Å². The van der Waals surface area contributed by atoms with Gasteiger partial charge >= 0.3 is 0 Å². The molecule has 32 heavy (non-hydrogen) atoms. The van der Waals surface area contributed by atoms with Crippen LogP contribution in [0.15, 0.2) is 23.2 Å². The number of carbonyl (C=O) groups is 1. The molecule has 1 aromatic rings. The fourth-order valence-electron chi connectivity index (χ4n) is 6.16. The first-order valence-corrected chi connectivity index (χ1v) is 12.0. The largest absolute Gasteiger partial charge is 0.381 e. The van der Waals surface area contributed by atoms with Gasteiger partial charge in [0.15, 0.2) is 11.5 Å². The molecule has 3 fully saturated rings. The van der Waals surface area contributed by atoms with Crippen LogP contribution in [0.25, 0.3) is 0 Å². The first-order valence-electron chi connectivity index (χ1n) is 12.0. The molecule has 2 N–H and O–H groups in total. The highest BCUT2D eigenvalue weighted by Gasteiger charge is 2.66. The van der Waals surface area contributed by atoms with Gasteiger partial charge in [0.1, 0.15) is 0 Å². The highest BCUT2D eigenvalue weighted by molar-refractivity contribution is 6.08. The molecule has 1 aromatic carbocycles. The Balaban J connectivity index is 1.43. The molecule has 3 aliphatic carbocycles. The fourth-order valence-corrected chi connectivity index (χ4v) is 6.16. The Morgan fingerprint density at radius 2 is 2.03 bits per heavy atom. The minimum Gasteiger partial charge on any atom is -0.381 e. The van der Waals surface area contributed by atoms with Gasteiger partial charge < -0.3 is 15.2 Å². The van der Waals surface area contributed by atoms with Crippen LogP contribution in [0, 0.1) is 23.2 Å². The predicted octanol–water partition coefficient (Wildman–Crippen LogP) is 2.72. The number of fused-ring (bicyclic) bond motifs is 3. The number of hydrogen-bond acceptors (Lipinski definition) is 5. The average molecular weight is 434 g/mol. The van der Waals surface area contributed by atoms with Gasteiger partial charge in [0.2, 0.25) is 0 Å². The monoisotopic (exact) mass is 433 g/mol. The molecule has 2 atom stereocenters. The number of benzene rings is 1. The second-order valence-electron chi connectivity index (χ2n) is 10.2. The van der Waals surface area contributed by atoms with Gasteiger partial charge in [-0.2, -0.15) is 0 Å². The van der Waals surface area contributed by atoms with Crippen LogP contribution in [-0.4, -0.2) is 49.2 Å². The Morgan fingerprint density at radius 1 is 1.25 bits per heavy atom. The SMILES string of the molecule is COC1CCC2(CC1)Cc1ccc(C#CC3CC3)cc1[C@]21N=C(N)N(CC2CCO2)C1=O. The van der Waals surface area contributed by atoms with Crippen molar-refractivity contribution >= 4 is 11.9 Å². The summed E-state index contributed by atoms with van der Waals surface area (Å²) in [6.07, 6.45) is 8.20. The summed E-state index contributed by atoms with van der Waals surface area (Å²) in [6, 6.07) is 6.40. The van der Waals surface area contributed by atoms with Crippen molar-refractivity contribution in [2.24, 2.45) is 22.1 Å². The van der Waals surface area contributed by atoms with Gasteiger partial charge in [-0.25, -0.2) is 4.99 Å². The van der Waals surface area contributed by atoms with Gasteiger partial charge in [-0.3, -0.25) is 9.69 Å². The number of nitrogens with two attached hydrogens (primary N) is 1. The van der Waals surface area contributed by atoms with E-state index in [-0.39, 0.29) is 23.5 Å². The summed E-state index contributed by atoms with van der Waals surface area (Å²) in [4.78, 5) is 20.9. The van der Waals surface area contributed by atoms with Crippen LogP contribution in [0.3, 0.4) is 0 Å². The van der Waals surface area contributed by atoms with E-state index >= 15 is 0 Å². The molecule has 6 nitrogen and oxygen atoms in total. The summed E-state index contributed by atoms with van der Waals surface area (Å²) in [5, 5.41) is 0. The summed E-state index contributed by atoms with van der Waals surface area (Å²) >= 11 is 0. The number of rotatable bonds is 3. The van der Waals surface area contributed by atoms with Gasteiger partial charge in [0.05, 0.1) is 18.8 Å². The van der Waals surface area contributed by atoms with Crippen LogP contribution in [0.5, 0.6) is 0 Å². The van der Waals surface area contributed by atoms with E-state index in [1.165, 1.54) is 18.4 Å². The summed E-state index contributed by atoms with van der Waals surface area (Å²) in [7, 11) is 1.78. The molecule has 0 aromatic heterocycles. The van der Waals surface area contributed by atoms with Crippen LogP contribution < -0.4 is 5.73 Å². The lowest BCUT2D eigenvalue weighted by Gasteiger charge is -2.45. The van der Waals surface area contributed by atoms with E-state index in [1.807, 2.05) is 0 Å². The molecule has 1 unspecified atom stereocenters. The Kier molecular flexibility index (Phi) is 4.64. The molecule has 2 aliphatic heterocycles. The molecule has 1 saturated heterocycles. The summed E-state index contributed by atoms with van der Waals surface area (Å²) in [5.41, 5.74) is 8.43. The lowest BCUT2D eigenvalue weighted by molar-refractivity contribution is -0.141. The maximum absolute atomic E-state index is 14.2. The third kappa shape index (κ3) is 2.94. The standard InChI is InChI=1S/C26H31N3O3/c1-31-20-8-11-25(12-9-20)15-19-7-6-18(5-4-17-2-3-17)14-22(19)26(25)23(30)29(24(27)28-26)16-21-10-13-32-21/h6-7,14,17,20-21H,2-3,8-13,15-16H2,1H3,(H2,27,28)/t20?,21?,25?,26-/m1/s1. The number of guanidine groups is 1. The predicted molar refractivity (Wildman–Crippen MR) is 121 cm³/mol. The highest BCUT2D eigenvalue weighted by atomic mass is 16.5. The van der Waals surface area contributed by atoms with Crippen molar-refractivity contribution in [1.82, 2.24) is 4.90 Å². The van der Waals surface area contributed by atoms with Crippen molar-refractivity contribution in [3.63, 3.8) is 0 Å². The molecule has 0 bridgehead atoms. The maximum Gasteiger partial charge on any atom is 0.262 e. The number of ether oxygens (including phenoxy) is 2.